The lowest BCUT2D eigenvalue weighted by molar-refractivity contribution is 0.306. The average Bonchev–Trinajstić information content (AvgIpc) is 2.75. The lowest BCUT2D eigenvalue weighted by atomic mass is 10.00. The van der Waals surface area contributed by atoms with Gasteiger partial charge in [0.1, 0.15) is 18.2 Å². The van der Waals surface area contributed by atoms with Crippen molar-refractivity contribution in [1.29, 1.82) is 0 Å². The molecule has 0 amide bonds. The van der Waals surface area contributed by atoms with Crippen LogP contribution in [0.2, 0.25) is 0 Å². The highest BCUT2D eigenvalue weighted by atomic mass is 16.5. The number of rotatable bonds is 6. The van der Waals surface area contributed by atoms with E-state index >= 15 is 0 Å². The summed E-state index contributed by atoms with van der Waals surface area (Å²) in [5.41, 5.74) is 2.13. The molecule has 2 aromatic carbocycles. The second-order valence-electron chi connectivity index (χ2n) is 7.34. The standard InChI is InChI=1S/C23H26N4O/c1-18-12-15-27(16-13-18)23-24-14-11-22(26-23)25-20-7-9-21(10-8-20)28-17-19-5-3-2-4-6-19/h2-11,14,18H,12-13,15-17H2,1H3,(H,24,25,26). The van der Waals surface area contributed by atoms with Crippen molar-refractivity contribution in [2.24, 2.45) is 5.92 Å². The zero-order valence-corrected chi connectivity index (χ0v) is 16.2. The maximum Gasteiger partial charge on any atom is 0.227 e. The first kappa shape index (κ1) is 18.3. The van der Waals surface area contributed by atoms with Crippen LogP contribution in [0, 0.1) is 5.92 Å². The van der Waals surface area contributed by atoms with Crippen molar-refractivity contribution >= 4 is 17.5 Å². The molecule has 0 saturated carbocycles. The first-order valence-corrected chi connectivity index (χ1v) is 9.88. The van der Waals surface area contributed by atoms with E-state index in [9.17, 15) is 0 Å². The normalized spacial score (nSPS) is 14.7. The summed E-state index contributed by atoms with van der Waals surface area (Å²) in [5.74, 6) is 3.25. The Morgan fingerprint density at radius 3 is 2.50 bits per heavy atom. The lowest BCUT2D eigenvalue weighted by Crippen LogP contribution is -2.34. The Morgan fingerprint density at radius 1 is 1.00 bits per heavy atom. The van der Waals surface area contributed by atoms with Gasteiger partial charge in [0, 0.05) is 25.0 Å². The molecular formula is C23H26N4O. The van der Waals surface area contributed by atoms with Crippen molar-refractivity contribution in [3.8, 4) is 5.75 Å². The Morgan fingerprint density at radius 2 is 1.75 bits per heavy atom. The third kappa shape index (κ3) is 4.80. The predicted molar refractivity (Wildman–Crippen MR) is 113 cm³/mol. The molecule has 28 heavy (non-hydrogen) atoms. The summed E-state index contributed by atoms with van der Waals surface area (Å²) in [6.07, 6.45) is 4.22. The molecule has 1 aliphatic rings. The molecule has 0 spiro atoms. The first-order valence-electron chi connectivity index (χ1n) is 9.88. The monoisotopic (exact) mass is 374 g/mol. The molecule has 2 heterocycles. The topological polar surface area (TPSA) is 50.3 Å². The molecule has 1 N–H and O–H groups in total. The molecule has 0 unspecified atom stereocenters. The van der Waals surface area contributed by atoms with Crippen LogP contribution in [-0.4, -0.2) is 23.1 Å². The van der Waals surface area contributed by atoms with Gasteiger partial charge in [0.2, 0.25) is 5.95 Å². The van der Waals surface area contributed by atoms with Gasteiger partial charge in [-0.2, -0.15) is 4.98 Å². The fourth-order valence-corrected chi connectivity index (χ4v) is 3.30. The van der Waals surface area contributed by atoms with Gasteiger partial charge in [-0.3, -0.25) is 0 Å². The molecule has 5 nitrogen and oxygen atoms in total. The maximum absolute atomic E-state index is 5.84. The van der Waals surface area contributed by atoms with Gasteiger partial charge in [-0.05, 0) is 54.7 Å². The van der Waals surface area contributed by atoms with Crippen molar-refractivity contribution < 1.29 is 4.74 Å². The molecule has 144 valence electrons. The number of anilines is 3. The highest BCUT2D eigenvalue weighted by molar-refractivity contribution is 5.58. The van der Waals surface area contributed by atoms with Crippen LogP contribution in [-0.2, 0) is 6.61 Å². The highest BCUT2D eigenvalue weighted by Gasteiger charge is 2.18. The Labute approximate surface area is 166 Å². The summed E-state index contributed by atoms with van der Waals surface area (Å²) in [7, 11) is 0. The van der Waals surface area contributed by atoms with E-state index in [4.69, 9.17) is 4.74 Å². The fourth-order valence-electron chi connectivity index (χ4n) is 3.30. The number of hydrogen-bond donors (Lipinski definition) is 1. The minimum atomic E-state index is 0.567. The summed E-state index contributed by atoms with van der Waals surface area (Å²) in [5, 5.41) is 3.36. The summed E-state index contributed by atoms with van der Waals surface area (Å²) < 4.78 is 5.84. The zero-order chi connectivity index (χ0) is 19.2. The van der Waals surface area contributed by atoms with Crippen molar-refractivity contribution in [2.45, 2.75) is 26.4 Å². The van der Waals surface area contributed by atoms with Crippen molar-refractivity contribution in [3.05, 3.63) is 72.4 Å². The summed E-state index contributed by atoms with van der Waals surface area (Å²) in [4.78, 5) is 11.4. The van der Waals surface area contributed by atoms with Crippen molar-refractivity contribution in [1.82, 2.24) is 9.97 Å². The van der Waals surface area contributed by atoms with Gasteiger partial charge in [0.25, 0.3) is 0 Å². The Bertz CT molecular complexity index is 875. The smallest absolute Gasteiger partial charge is 0.227 e. The Hall–Kier alpha value is -3.08. The fraction of sp³-hybridized carbons (Fsp3) is 0.304. The molecule has 0 bridgehead atoms. The second kappa shape index (κ2) is 8.74. The molecule has 3 aromatic rings. The van der Waals surface area contributed by atoms with E-state index in [0.717, 1.165) is 47.8 Å². The van der Waals surface area contributed by atoms with E-state index in [-0.39, 0.29) is 0 Å². The SMILES string of the molecule is CC1CCN(c2nccc(Nc3ccc(OCc4ccccc4)cc3)n2)CC1. The largest absolute Gasteiger partial charge is 0.489 e. The van der Waals surface area contributed by atoms with Crippen molar-refractivity contribution in [3.63, 3.8) is 0 Å². The van der Waals surface area contributed by atoms with Gasteiger partial charge in [-0.15, -0.1) is 0 Å². The molecule has 0 aliphatic carbocycles. The Kier molecular flexibility index (Phi) is 5.71. The van der Waals surface area contributed by atoms with E-state index in [0.29, 0.717) is 6.61 Å². The van der Waals surface area contributed by atoms with Gasteiger partial charge < -0.3 is 15.0 Å². The van der Waals surface area contributed by atoms with E-state index in [1.165, 1.54) is 12.8 Å². The number of ether oxygens (including phenoxy) is 1. The van der Waals surface area contributed by atoms with Crippen LogP contribution in [0.3, 0.4) is 0 Å². The van der Waals surface area contributed by atoms with E-state index in [2.05, 4.69) is 39.2 Å². The summed E-state index contributed by atoms with van der Waals surface area (Å²) in [6.45, 7) is 4.93. The number of aromatic nitrogens is 2. The maximum atomic E-state index is 5.84. The molecule has 0 atom stereocenters. The predicted octanol–water partition coefficient (Wildman–Crippen LogP) is 5.04. The van der Waals surface area contributed by atoms with Gasteiger partial charge in [-0.25, -0.2) is 4.98 Å². The summed E-state index contributed by atoms with van der Waals surface area (Å²) >= 11 is 0. The Balaban J connectivity index is 1.36. The molecule has 5 heteroatoms. The number of piperidine rings is 1. The zero-order valence-electron chi connectivity index (χ0n) is 16.2. The average molecular weight is 374 g/mol. The summed E-state index contributed by atoms with van der Waals surface area (Å²) in [6, 6.07) is 20.0. The molecule has 1 aromatic heterocycles. The minimum absolute atomic E-state index is 0.567. The minimum Gasteiger partial charge on any atom is -0.489 e. The van der Waals surface area contributed by atoms with E-state index < -0.39 is 0 Å². The van der Waals surface area contributed by atoms with E-state index in [1.807, 2.05) is 54.7 Å². The third-order valence-electron chi connectivity index (χ3n) is 5.08. The van der Waals surface area contributed by atoms with Gasteiger partial charge >= 0.3 is 0 Å². The van der Waals surface area contributed by atoms with Crippen LogP contribution in [0.25, 0.3) is 0 Å². The number of nitrogens with zero attached hydrogens (tertiary/aromatic N) is 3. The van der Waals surface area contributed by atoms with E-state index in [1.54, 1.807) is 0 Å². The van der Waals surface area contributed by atoms with Crippen LogP contribution in [0.5, 0.6) is 5.75 Å². The number of hydrogen-bond acceptors (Lipinski definition) is 5. The first-order chi connectivity index (χ1) is 13.8. The number of nitrogens with one attached hydrogen (secondary N) is 1. The third-order valence-corrected chi connectivity index (χ3v) is 5.08. The molecule has 1 fully saturated rings. The molecule has 1 saturated heterocycles. The van der Waals surface area contributed by atoms with Gasteiger partial charge in [0.05, 0.1) is 0 Å². The lowest BCUT2D eigenvalue weighted by Gasteiger charge is -2.30. The van der Waals surface area contributed by atoms with Crippen LogP contribution < -0.4 is 15.0 Å². The van der Waals surface area contributed by atoms with Crippen LogP contribution in [0.15, 0.2) is 66.9 Å². The van der Waals surface area contributed by atoms with Gasteiger partial charge in [-0.1, -0.05) is 37.3 Å². The second-order valence-corrected chi connectivity index (χ2v) is 7.34. The van der Waals surface area contributed by atoms with Crippen LogP contribution in [0.4, 0.5) is 17.5 Å². The van der Waals surface area contributed by atoms with Crippen LogP contribution >= 0.6 is 0 Å². The quantitative estimate of drug-likeness (QED) is 0.655. The highest BCUT2D eigenvalue weighted by Crippen LogP contribution is 2.23. The number of benzene rings is 2. The van der Waals surface area contributed by atoms with Crippen LogP contribution in [0.1, 0.15) is 25.3 Å². The molecule has 0 radical (unpaired) electrons. The molecule has 1 aliphatic heterocycles. The molecular weight excluding hydrogens is 348 g/mol. The molecule has 4 rings (SSSR count). The van der Waals surface area contributed by atoms with Gasteiger partial charge in [0.15, 0.2) is 0 Å². The van der Waals surface area contributed by atoms with Crippen molar-refractivity contribution in [2.75, 3.05) is 23.3 Å².